The summed E-state index contributed by atoms with van der Waals surface area (Å²) in [5.74, 6) is -0.225. The molecule has 1 atom stereocenters. The molecule has 1 aliphatic heterocycles. The van der Waals surface area contributed by atoms with Crippen LogP contribution in [0.25, 0.3) is 0 Å². The average Bonchev–Trinajstić information content (AvgIpc) is 2.75. The molecule has 1 aliphatic rings. The van der Waals surface area contributed by atoms with E-state index in [1.165, 1.54) is 6.07 Å². The first-order chi connectivity index (χ1) is 14.9. The smallest absolute Gasteiger partial charge is 0.324 e. The fourth-order valence-corrected chi connectivity index (χ4v) is 5.30. The van der Waals surface area contributed by atoms with Crippen LogP contribution in [0, 0.1) is 13.8 Å². The summed E-state index contributed by atoms with van der Waals surface area (Å²) in [5.41, 5.74) is 1.47. The number of carbonyl (C=O) groups is 1. The van der Waals surface area contributed by atoms with Gasteiger partial charge in [-0.3, -0.25) is 9.69 Å². The molecule has 2 aromatic rings. The monoisotopic (exact) mass is 469 g/mol. The van der Waals surface area contributed by atoms with Gasteiger partial charge in [0.05, 0.1) is 16.5 Å². The molecule has 2 aromatic carbocycles. The van der Waals surface area contributed by atoms with E-state index in [-0.39, 0.29) is 32.1 Å². The minimum absolute atomic E-state index is 0.00435. The maximum Gasteiger partial charge on any atom is 0.417 e. The number of benzene rings is 2. The molecule has 1 saturated heterocycles. The van der Waals surface area contributed by atoms with Gasteiger partial charge in [-0.15, -0.1) is 0 Å². The van der Waals surface area contributed by atoms with Crippen molar-refractivity contribution in [2.45, 2.75) is 37.9 Å². The number of carbonyl (C=O) groups excluding carboxylic acids is 1. The van der Waals surface area contributed by atoms with E-state index >= 15 is 0 Å². The Morgan fingerprint density at radius 1 is 1.03 bits per heavy atom. The lowest BCUT2D eigenvalue weighted by molar-refractivity contribution is -0.140. The third kappa shape index (κ3) is 5.13. The largest absolute Gasteiger partial charge is 0.417 e. The number of rotatable bonds is 5. The number of nitrogens with one attached hydrogen (secondary N) is 1. The molecule has 3 rings (SSSR count). The number of piperazine rings is 1. The normalized spacial score (nSPS) is 17.2. The molecule has 0 unspecified atom stereocenters. The third-order valence-corrected chi connectivity index (χ3v) is 7.62. The van der Waals surface area contributed by atoms with Gasteiger partial charge in [0.1, 0.15) is 0 Å². The first-order valence-electron chi connectivity index (χ1n) is 10.2. The van der Waals surface area contributed by atoms with E-state index in [1.54, 1.807) is 6.92 Å². The number of sulfonamides is 1. The van der Waals surface area contributed by atoms with Crippen molar-refractivity contribution in [1.82, 2.24) is 9.21 Å². The average molecular weight is 470 g/mol. The highest BCUT2D eigenvalue weighted by Crippen LogP contribution is 2.35. The minimum atomic E-state index is -4.77. The van der Waals surface area contributed by atoms with Crippen molar-refractivity contribution in [3.63, 3.8) is 0 Å². The minimum Gasteiger partial charge on any atom is -0.324 e. The summed E-state index contributed by atoms with van der Waals surface area (Å²) >= 11 is 0. The van der Waals surface area contributed by atoms with E-state index < -0.39 is 32.7 Å². The van der Waals surface area contributed by atoms with E-state index in [0.29, 0.717) is 5.69 Å². The van der Waals surface area contributed by atoms with Gasteiger partial charge in [0, 0.05) is 31.9 Å². The van der Waals surface area contributed by atoms with Crippen molar-refractivity contribution in [3.8, 4) is 0 Å². The van der Waals surface area contributed by atoms with Crippen molar-refractivity contribution in [2.75, 3.05) is 31.5 Å². The first kappa shape index (κ1) is 24.2. The van der Waals surface area contributed by atoms with Crippen LogP contribution in [-0.2, 0) is 21.0 Å². The van der Waals surface area contributed by atoms with Gasteiger partial charge in [0.25, 0.3) is 0 Å². The van der Waals surface area contributed by atoms with Crippen molar-refractivity contribution < 1.29 is 26.4 Å². The molecular weight excluding hydrogens is 443 g/mol. The highest BCUT2D eigenvalue weighted by Gasteiger charge is 2.40. The van der Waals surface area contributed by atoms with Crippen LogP contribution in [0.15, 0.2) is 47.4 Å². The second-order valence-corrected chi connectivity index (χ2v) is 9.82. The number of nitrogens with zero attached hydrogens (tertiary/aromatic N) is 2. The van der Waals surface area contributed by atoms with Crippen molar-refractivity contribution in [2.24, 2.45) is 0 Å². The number of halogens is 3. The van der Waals surface area contributed by atoms with Crippen molar-refractivity contribution >= 4 is 21.6 Å². The molecule has 1 fully saturated rings. The highest BCUT2D eigenvalue weighted by molar-refractivity contribution is 7.89. The van der Waals surface area contributed by atoms with Gasteiger partial charge in [-0.2, -0.15) is 17.5 Å². The third-order valence-electron chi connectivity index (χ3n) is 5.66. The van der Waals surface area contributed by atoms with Crippen LogP contribution in [0.2, 0.25) is 0 Å². The topological polar surface area (TPSA) is 69.7 Å². The van der Waals surface area contributed by atoms with Gasteiger partial charge < -0.3 is 5.32 Å². The number of hydrogen-bond donors (Lipinski definition) is 1. The number of alkyl halides is 3. The number of anilines is 1. The van der Waals surface area contributed by atoms with E-state index in [0.717, 1.165) is 33.6 Å². The van der Waals surface area contributed by atoms with Crippen LogP contribution < -0.4 is 5.32 Å². The Hall–Kier alpha value is -2.43. The molecule has 0 bridgehead atoms. The molecule has 0 radical (unpaired) electrons. The summed E-state index contributed by atoms with van der Waals surface area (Å²) < 4.78 is 66.8. The van der Waals surface area contributed by atoms with Gasteiger partial charge in [-0.25, -0.2) is 8.42 Å². The summed E-state index contributed by atoms with van der Waals surface area (Å²) in [6.45, 7) is 6.00. The van der Waals surface area contributed by atoms with Gasteiger partial charge in [-0.1, -0.05) is 24.3 Å². The number of aryl methyl sites for hydroxylation is 2. The van der Waals surface area contributed by atoms with Gasteiger partial charge in [0.2, 0.25) is 15.9 Å². The summed E-state index contributed by atoms with van der Waals surface area (Å²) in [5, 5.41) is 2.90. The summed E-state index contributed by atoms with van der Waals surface area (Å²) in [6, 6.07) is 9.40. The molecular formula is C22H26F3N3O3S. The fraction of sp³-hybridized carbons (Fsp3) is 0.409. The van der Waals surface area contributed by atoms with Crippen molar-refractivity contribution in [3.05, 3.63) is 59.2 Å². The molecule has 0 aliphatic carbocycles. The fourth-order valence-electron chi connectivity index (χ4n) is 3.67. The summed E-state index contributed by atoms with van der Waals surface area (Å²) in [4.78, 5) is 13.8. The maximum absolute atomic E-state index is 13.3. The second kappa shape index (κ2) is 9.21. The molecule has 174 valence electrons. The van der Waals surface area contributed by atoms with Crippen LogP contribution >= 0.6 is 0 Å². The first-order valence-corrected chi connectivity index (χ1v) is 11.6. The van der Waals surface area contributed by atoms with Crippen LogP contribution in [-0.4, -0.2) is 55.8 Å². The Morgan fingerprint density at radius 2 is 1.66 bits per heavy atom. The molecule has 32 heavy (non-hydrogen) atoms. The lowest BCUT2D eigenvalue weighted by Gasteiger charge is -2.37. The van der Waals surface area contributed by atoms with E-state index in [1.807, 2.05) is 36.9 Å². The number of amides is 1. The van der Waals surface area contributed by atoms with Gasteiger partial charge >= 0.3 is 6.18 Å². The lowest BCUT2D eigenvalue weighted by Crippen LogP contribution is -2.54. The zero-order valence-electron chi connectivity index (χ0n) is 18.1. The van der Waals surface area contributed by atoms with Crippen LogP contribution in [0.4, 0.5) is 18.9 Å². The predicted octanol–water partition coefficient (Wildman–Crippen LogP) is 3.66. The Balaban J connectivity index is 1.68. The maximum atomic E-state index is 13.3. The summed E-state index contributed by atoms with van der Waals surface area (Å²) in [6.07, 6.45) is -4.77. The van der Waals surface area contributed by atoms with Gasteiger partial charge in [0.15, 0.2) is 0 Å². The quantitative estimate of drug-likeness (QED) is 0.726. The molecule has 0 aromatic heterocycles. The Labute approximate surface area is 186 Å². The van der Waals surface area contributed by atoms with Crippen LogP contribution in [0.1, 0.15) is 23.6 Å². The van der Waals surface area contributed by atoms with Crippen molar-refractivity contribution in [1.29, 1.82) is 0 Å². The van der Waals surface area contributed by atoms with E-state index in [9.17, 15) is 26.4 Å². The molecule has 1 heterocycles. The standard InChI is InChI=1S/C22H26F3N3O3S/c1-15-8-9-16(2)19(14-15)26-21(29)17(3)27-10-12-28(13-11-27)32(30,31)20-7-5-4-6-18(20)22(23,24)25/h4-9,14,17H,10-13H2,1-3H3,(H,26,29)/t17-/m0/s1. The molecule has 0 saturated carbocycles. The lowest BCUT2D eigenvalue weighted by atomic mass is 10.1. The van der Waals surface area contributed by atoms with E-state index in [2.05, 4.69) is 5.32 Å². The zero-order valence-corrected chi connectivity index (χ0v) is 18.9. The Morgan fingerprint density at radius 3 is 2.28 bits per heavy atom. The number of hydrogen-bond acceptors (Lipinski definition) is 4. The highest BCUT2D eigenvalue weighted by atomic mass is 32.2. The Kier molecular flexibility index (Phi) is 6.97. The Bertz CT molecular complexity index is 1100. The van der Waals surface area contributed by atoms with Crippen LogP contribution in [0.3, 0.4) is 0 Å². The molecule has 0 spiro atoms. The zero-order chi connectivity index (χ0) is 23.7. The summed E-state index contributed by atoms with van der Waals surface area (Å²) in [7, 11) is -4.32. The molecule has 1 N–H and O–H groups in total. The second-order valence-electron chi connectivity index (χ2n) is 7.92. The molecule has 10 heteroatoms. The molecule has 6 nitrogen and oxygen atoms in total. The molecule has 1 amide bonds. The van der Waals surface area contributed by atoms with E-state index in [4.69, 9.17) is 0 Å². The SMILES string of the molecule is Cc1ccc(C)c(NC(=O)[C@H](C)N2CCN(S(=O)(=O)c3ccccc3C(F)(F)F)CC2)c1. The predicted molar refractivity (Wildman–Crippen MR) is 116 cm³/mol. The van der Waals surface area contributed by atoms with Crippen LogP contribution in [0.5, 0.6) is 0 Å². The van der Waals surface area contributed by atoms with Gasteiger partial charge in [-0.05, 0) is 50.1 Å².